The van der Waals surface area contributed by atoms with Crippen LogP contribution < -0.4 is 0 Å². The van der Waals surface area contributed by atoms with Gasteiger partial charge in [-0.15, -0.1) is 0 Å². The van der Waals surface area contributed by atoms with E-state index in [4.69, 9.17) is 0 Å². The Morgan fingerprint density at radius 1 is 1.31 bits per heavy atom. The lowest BCUT2D eigenvalue weighted by Crippen LogP contribution is -2.54. The number of ketones is 1. The van der Waals surface area contributed by atoms with Crippen LogP contribution in [0.3, 0.4) is 0 Å². The van der Waals surface area contributed by atoms with Gasteiger partial charge in [-0.05, 0) is 18.3 Å². The molecule has 2 fully saturated rings. The van der Waals surface area contributed by atoms with Gasteiger partial charge in [-0.25, -0.2) is 0 Å². The predicted octanol–water partition coefficient (Wildman–Crippen LogP) is 1.70. The first kappa shape index (κ1) is 9.20. The summed E-state index contributed by atoms with van der Waals surface area (Å²) in [7, 11) is 0. The first-order valence-electron chi connectivity index (χ1n) is 5.42. The normalized spacial score (nSPS) is 37.5. The molecule has 0 spiro atoms. The molecule has 2 aliphatic rings. The maximum atomic E-state index is 11.3. The van der Waals surface area contributed by atoms with Crippen LogP contribution in [0.2, 0.25) is 0 Å². The Kier molecular flexibility index (Phi) is 2.41. The molecular weight excluding hydrogens is 162 g/mol. The minimum atomic E-state index is 0.475. The molecule has 0 amide bonds. The fourth-order valence-corrected chi connectivity index (χ4v) is 2.62. The molecule has 74 valence electrons. The highest BCUT2D eigenvalue weighted by Crippen LogP contribution is 2.30. The molecule has 0 bridgehead atoms. The standard InChI is InChI=1S/C11H19NO/c1-8-6-12(7-8)11-5-10(13)4-3-9(11)2/h8-9,11H,3-7H2,1-2H3. The number of nitrogens with zero attached hydrogens (tertiary/aromatic N) is 1. The van der Waals surface area contributed by atoms with Gasteiger partial charge in [0.15, 0.2) is 0 Å². The van der Waals surface area contributed by atoms with Gasteiger partial charge >= 0.3 is 0 Å². The lowest BCUT2D eigenvalue weighted by atomic mass is 9.82. The van der Waals surface area contributed by atoms with Gasteiger partial charge in [0.1, 0.15) is 5.78 Å². The molecule has 1 saturated carbocycles. The SMILES string of the molecule is CC1CN(C2CC(=O)CCC2C)C1. The molecule has 0 N–H and O–H groups in total. The average Bonchev–Trinajstić information content (AvgIpc) is 2.04. The topological polar surface area (TPSA) is 20.3 Å². The summed E-state index contributed by atoms with van der Waals surface area (Å²) in [4.78, 5) is 13.8. The van der Waals surface area contributed by atoms with Crippen molar-refractivity contribution in [2.24, 2.45) is 11.8 Å². The van der Waals surface area contributed by atoms with E-state index in [-0.39, 0.29) is 0 Å². The van der Waals surface area contributed by atoms with Gasteiger partial charge in [0.25, 0.3) is 0 Å². The highest BCUT2D eigenvalue weighted by atomic mass is 16.1. The van der Waals surface area contributed by atoms with Crippen LogP contribution in [0.25, 0.3) is 0 Å². The Morgan fingerprint density at radius 2 is 2.00 bits per heavy atom. The van der Waals surface area contributed by atoms with Crippen LogP contribution in [0.1, 0.15) is 33.1 Å². The van der Waals surface area contributed by atoms with Crippen molar-refractivity contribution in [3.63, 3.8) is 0 Å². The molecule has 0 aromatic heterocycles. The quantitative estimate of drug-likeness (QED) is 0.613. The van der Waals surface area contributed by atoms with E-state index in [0.29, 0.717) is 11.8 Å². The Labute approximate surface area is 80.3 Å². The Balaban J connectivity index is 1.92. The number of carbonyl (C=O) groups excluding carboxylic acids is 1. The van der Waals surface area contributed by atoms with Crippen molar-refractivity contribution in [2.75, 3.05) is 13.1 Å². The first-order chi connectivity index (χ1) is 6.16. The second-order valence-corrected chi connectivity index (χ2v) is 4.89. The monoisotopic (exact) mass is 181 g/mol. The molecular formula is C11H19NO. The third kappa shape index (κ3) is 1.78. The van der Waals surface area contributed by atoms with E-state index >= 15 is 0 Å². The largest absolute Gasteiger partial charge is 0.300 e. The zero-order chi connectivity index (χ0) is 9.42. The van der Waals surface area contributed by atoms with E-state index in [1.807, 2.05) is 0 Å². The highest BCUT2D eigenvalue weighted by molar-refractivity contribution is 5.79. The zero-order valence-electron chi connectivity index (χ0n) is 8.62. The second-order valence-electron chi connectivity index (χ2n) is 4.89. The van der Waals surface area contributed by atoms with Gasteiger partial charge in [0.2, 0.25) is 0 Å². The molecule has 1 aliphatic heterocycles. The summed E-state index contributed by atoms with van der Waals surface area (Å²) in [5.41, 5.74) is 0. The Morgan fingerprint density at radius 3 is 2.62 bits per heavy atom. The zero-order valence-corrected chi connectivity index (χ0v) is 8.62. The molecule has 2 heteroatoms. The maximum absolute atomic E-state index is 11.3. The van der Waals surface area contributed by atoms with Crippen molar-refractivity contribution in [3.05, 3.63) is 0 Å². The van der Waals surface area contributed by atoms with Crippen molar-refractivity contribution < 1.29 is 4.79 Å². The number of rotatable bonds is 1. The summed E-state index contributed by atoms with van der Waals surface area (Å²) in [6.07, 6.45) is 2.74. The third-order valence-corrected chi connectivity index (χ3v) is 3.53. The molecule has 1 aliphatic carbocycles. The number of hydrogen-bond acceptors (Lipinski definition) is 2. The molecule has 2 unspecified atom stereocenters. The van der Waals surface area contributed by atoms with Crippen LogP contribution in [0, 0.1) is 11.8 Å². The van der Waals surface area contributed by atoms with Gasteiger partial charge in [-0.3, -0.25) is 9.69 Å². The Bertz CT molecular complexity index is 208. The van der Waals surface area contributed by atoms with Crippen molar-refractivity contribution >= 4 is 5.78 Å². The van der Waals surface area contributed by atoms with Gasteiger partial charge in [0.05, 0.1) is 0 Å². The van der Waals surface area contributed by atoms with Crippen molar-refractivity contribution in [2.45, 2.75) is 39.2 Å². The summed E-state index contributed by atoms with van der Waals surface area (Å²) in [6, 6.07) is 0.567. The lowest BCUT2D eigenvalue weighted by molar-refractivity contribution is -0.124. The van der Waals surface area contributed by atoms with Crippen LogP contribution in [0.15, 0.2) is 0 Å². The van der Waals surface area contributed by atoms with Gasteiger partial charge in [0, 0.05) is 32.0 Å². The van der Waals surface area contributed by atoms with Crippen molar-refractivity contribution in [1.29, 1.82) is 0 Å². The van der Waals surface area contributed by atoms with Crippen LogP contribution in [-0.4, -0.2) is 29.8 Å². The van der Waals surface area contributed by atoms with Gasteiger partial charge in [-0.2, -0.15) is 0 Å². The minimum absolute atomic E-state index is 0.475. The molecule has 1 saturated heterocycles. The fraction of sp³-hybridized carbons (Fsp3) is 0.909. The molecule has 1 heterocycles. The number of carbonyl (C=O) groups is 1. The van der Waals surface area contributed by atoms with E-state index in [1.165, 1.54) is 13.1 Å². The molecule has 13 heavy (non-hydrogen) atoms. The fourth-order valence-electron chi connectivity index (χ4n) is 2.62. The molecule has 2 rings (SSSR count). The number of hydrogen-bond donors (Lipinski definition) is 0. The molecule has 0 aromatic rings. The predicted molar refractivity (Wildman–Crippen MR) is 52.5 cm³/mol. The van der Waals surface area contributed by atoms with Crippen molar-refractivity contribution in [3.8, 4) is 0 Å². The third-order valence-electron chi connectivity index (χ3n) is 3.53. The summed E-state index contributed by atoms with van der Waals surface area (Å²) in [6.45, 7) is 7.00. The minimum Gasteiger partial charge on any atom is -0.300 e. The molecule has 2 atom stereocenters. The molecule has 0 aromatic carbocycles. The molecule has 2 nitrogen and oxygen atoms in total. The second kappa shape index (κ2) is 3.41. The summed E-state index contributed by atoms with van der Waals surface area (Å²) < 4.78 is 0. The van der Waals surface area contributed by atoms with E-state index in [2.05, 4.69) is 18.7 Å². The van der Waals surface area contributed by atoms with E-state index in [9.17, 15) is 4.79 Å². The maximum Gasteiger partial charge on any atom is 0.134 e. The summed E-state index contributed by atoms with van der Waals surface area (Å²) in [5.74, 6) is 2.05. The summed E-state index contributed by atoms with van der Waals surface area (Å²) >= 11 is 0. The highest BCUT2D eigenvalue weighted by Gasteiger charge is 2.35. The number of Topliss-reactive ketones (excluding diaryl/α,β-unsaturated/α-hetero) is 1. The van der Waals surface area contributed by atoms with Crippen LogP contribution in [-0.2, 0) is 4.79 Å². The number of likely N-dealkylation sites (tertiary alicyclic amines) is 1. The van der Waals surface area contributed by atoms with E-state index in [0.717, 1.165) is 31.1 Å². The first-order valence-corrected chi connectivity index (χ1v) is 5.42. The van der Waals surface area contributed by atoms with E-state index < -0.39 is 0 Å². The lowest BCUT2D eigenvalue weighted by Gasteiger charge is -2.46. The average molecular weight is 181 g/mol. The van der Waals surface area contributed by atoms with Crippen LogP contribution in [0.5, 0.6) is 0 Å². The summed E-state index contributed by atoms with van der Waals surface area (Å²) in [5, 5.41) is 0. The van der Waals surface area contributed by atoms with Gasteiger partial charge in [-0.1, -0.05) is 13.8 Å². The Hall–Kier alpha value is -0.370. The van der Waals surface area contributed by atoms with Crippen LogP contribution in [0.4, 0.5) is 0 Å². The van der Waals surface area contributed by atoms with Crippen LogP contribution >= 0.6 is 0 Å². The van der Waals surface area contributed by atoms with E-state index in [1.54, 1.807) is 0 Å². The van der Waals surface area contributed by atoms with Gasteiger partial charge < -0.3 is 0 Å². The van der Waals surface area contributed by atoms with Crippen molar-refractivity contribution in [1.82, 2.24) is 4.90 Å². The molecule has 0 radical (unpaired) electrons. The smallest absolute Gasteiger partial charge is 0.134 e.